The predicted octanol–water partition coefficient (Wildman–Crippen LogP) is 13.1. The van der Waals surface area contributed by atoms with Crippen LogP contribution < -0.4 is 0 Å². The minimum absolute atomic E-state index is 0.193. The van der Waals surface area contributed by atoms with Gasteiger partial charge in [-0.25, -0.2) is 0 Å². The van der Waals surface area contributed by atoms with Gasteiger partial charge in [0.25, 0.3) is 0 Å². The van der Waals surface area contributed by atoms with Crippen LogP contribution in [0.5, 0.6) is 0 Å². The third-order valence-corrected chi connectivity index (χ3v) is 11.0. The van der Waals surface area contributed by atoms with Gasteiger partial charge in [0.2, 0.25) is 0 Å². The molecule has 0 aliphatic heterocycles. The molecule has 11 rings (SSSR count). The minimum atomic E-state index is -0.193. The monoisotopic (exact) mass is 641 g/mol. The van der Waals surface area contributed by atoms with Crippen LogP contribution in [0, 0.1) is 0 Å². The summed E-state index contributed by atoms with van der Waals surface area (Å²) in [5.41, 5.74) is 14.7. The van der Waals surface area contributed by atoms with E-state index in [-0.39, 0.29) is 5.41 Å². The van der Waals surface area contributed by atoms with Crippen LogP contribution in [0.2, 0.25) is 0 Å². The van der Waals surface area contributed by atoms with Crippen LogP contribution in [0.3, 0.4) is 0 Å². The molecular weight excluding hydrogens is 611 g/mol. The van der Waals surface area contributed by atoms with Gasteiger partial charge in [0.05, 0.1) is 11.0 Å². The molecule has 0 saturated carbocycles. The highest BCUT2D eigenvalue weighted by molar-refractivity contribution is 6.13. The van der Waals surface area contributed by atoms with Gasteiger partial charge in [-0.15, -0.1) is 0 Å². The quantitative estimate of drug-likeness (QED) is 0.192. The predicted molar refractivity (Wildman–Crippen MR) is 206 cm³/mol. The van der Waals surface area contributed by atoms with Crippen molar-refractivity contribution in [1.29, 1.82) is 0 Å². The zero-order chi connectivity index (χ0) is 33.1. The Balaban J connectivity index is 1.14. The van der Waals surface area contributed by atoms with Gasteiger partial charge in [0, 0.05) is 49.2 Å². The summed E-state index contributed by atoms with van der Waals surface area (Å²) in [5.74, 6) is 0.877. The van der Waals surface area contributed by atoms with Gasteiger partial charge in [-0.2, -0.15) is 0 Å². The van der Waals surface area contributed by atoms with Gasteiger partial charge in [-0.3, -0.25) is 0 Å². The average Bonchev–Trinajstić information content (AvgIpc) is 3.90. The molecule has 3 aromatic heterocycles. The summed E-state index contributed by atoms with van der Waals surface area (Å²) in [4.78, 5) is 0. The van der Waals surface area contributed by atoms with Crippen molar-refractivity contribution in [3.63, 3.8) is 0 Å². The molecule has 7 aromatic carbocycles. The summed E-state index contributed by atoms with van der Waals surface area (Å²) in [6.07, 6.45) is 0. The van der Waals surface area contributed by atoms with E-state index in [9.17, 15) is 0 Å². The molecule has 0 bridgehead atoms. The van der Waals surface area contributed by atoms with Crippen LogP contribution in [0.15, 0.2) is 160 Å². The molecule has 10 aromatic rings. The van der Waals surface area contributed by atoms with Crippen molar-refractivity contribution in [3.8, 4) is 39.3 Å². The second-order valence-corrected chi connectivity index (χ2v) is 14.1. The fourth-order valence-electron chi connectivity index (χ4n) is 8.52. The Labute approximate surface area is 288 Å². The van der Waals surface area contributed by atoms with Crippen molar-refractivity contribution in [3.05, 3.63) is 163 Å². The zero-order valence-electron chi connectivity index (χ0n) is 27.7. The first-order chi connectivity index (χ1) is 24.5. The maximum Gasteiger partial charge on any atom is 0.143 e. The van der Waals surface area contributed by atoms with E-state index in [0.717, 1.165) is 50.0 Å². The first-order valence-electron chi connectivity index (χ1n) is 17.3. The van der Waals surface area contributed by atoms with Crippen LogP contribution in [0.4, 0.5) is 0 Å². The molecule has 1 aliphatic rings. The highest BCUT2D eigenvalue weighted by Gasteiger charge is 2.38. The Morgan fingerprint density at radius 3 is 2.02 bits per heavy atom. The normalized spacial score (nSPS) is 13.6. The number of furan rings is 2. The lowest BCUT2D eigenvalue weighted by Gasteiger charge is -2.22. The molecule has 3 nitrogen and oxygen atoms in total. The molecule has 50 heavy (non-hydrogen) atoms. The lowest BCUT2D eigenvalue weighted by atomic mass is 9.82. The van der Waals surface area contributed by atoms with E-state index in [1.807, 2.05) is 18.2 Å². The largest absolute Gasteiger partial charge is 0.456 e. The molecule has 0 amide bonds. The summed E-state index contributed by atoms with van der Waals surface area (Å²) >= 11 is 0. The summed E-state index contributed by atoms with van der Waals surface area (Å²) in [5, 5.41) is 5.85. The van der Waals surface area contributed by atoms with Crippen LogP contribution >= 0.6 is 0 Å². The fourth-order valence-corrected chi connectivity index (χ4v) is 8.52. The van der Waals surface area contributed by atoms with Crippen LogP contribution in [-0.2, 0) is 5.41 Å². The first kappa shape index (κ1) is 27.6. The van der Waals surface area contributed by atoms with E-state index in [2.05, 4.69) is 152 Å². The Kier molecular flexibility index (Phi) is 5.45. The molecule has 0 spiro atoms. The van der Waals surface area contributed by atoms with E-state index in [4.69, 9.17) is 8.83 Å². The lowest BCUT2D eigenvalue weighted by molar-refractivity contribution is 0.631. The zero-order valence-corrected chi connectivity index (χ0v) is 27.7. The Morgan fingerprint density at radius 2 is 1.20 bits per heavy atom. The lowest BCUT2D eigenvalue weighted by Crippen LogP contribution is -2.15. The van der Waals surface area contributed by atoms with Crippen molar-refractivity contribution in [2.24, 2.45) is 0 Å². The van der Waals surface area contributed by atoms with E-state index >= 15 is 0 Å². The Bertz CT molecular complexity index is 2970. The van der Waals surface area contributed by atoms with Gasteiger partial charge >= 0.3 is 0 Å². The highest BCUT2D eigenvalue weighted by atomic mass is 16.3. The number of nitrogens with zero attached hydrogens (tertiary/aromatic N) is 1. The highest BCUT2D eigenvalue weighted by Crippen LogP contribution is 2.53. The maximum atomic E-state index is 6.56. The van der Waals surface area contributed by atoms with Crippen LogP contribution in [0.1, 0.15) is 25.0 Å². The number of hydrogen-bond donors (Lipinski definition) is 0. The molecule has 0 saturated heterocycles. The molecule has 0 atom stereocenters. The maximum absolute atomic E-state index is 6.56. The Hall–Kier alpha value is -6.32. The van der Waals surface area contributed by atoms with Crippen molar-refractivity contribution >= 4 is 54.7 Å². The summed E-state index contributed by atoms with van der Waals surface area (Å²) in [6.45, 7) is 4.68. The molecule has 0 radical (unpaired) electrons. The molecule has 0 unspecified atom stereocenters. The number of fused-ring (bicyclic) bond motifs is 11. The standard InChI is InChI=1S/C47H31NO2/c1-47(2)38-21-20-34-33-13-7-9-15-43(33)50-46(34)45(38)35-19-18-32(27-39(35)47)48-40-22-16-29(28-10-4-3-5-11-28)24-36(40)37-25-31(17-23-41(37)48)44-26-30-12-6-8-14-42(30)49-44/h3-27H,1-2H3. The third-order valence-electron chi connectivity index (χ3n) is 11.0. The van der Waals surface area contributed by atoms with E-state index in [1.165, 1.54) is 55.1 Å². The SMILES string of the molecule is CC1(C)c2cc(-n3c4ccc(-c5ccccc5)cc4c4cc(-c5cc6ccccc6o5)ccc43)ccc2-c2c1ccc1c2oc2ccccc21. The molecular formula is C47H31NO2. The van der Waals surface area contributed by atoms with Crippen LogP contribution in [-0.4, -0.2) is 4.57 Å². The topological polar surface area (TPSA) is 31.2 Å². The van der Waals surface area contributed by atoms with Crippen molar-refractivity contribution in [1.82, 2.24) is 4.57 Å². The second kappa shape index (κ2) is 9.87. The van der Waals surface area contributed by atoms with E-state index in [0.29, 0.717) is 0 Å². The van der Waals surface area contributed by atoms with Gasteiger partial charge < -0.3 is 13.4 Å². The summed E-state index contributed by atoms with van der Waals surface area (Å²) < 4.78 is 15.3. The third kappa shape index (κ3) is 3.75. The molecule has 0 fully saturated rings. The summed E-state index contributed by atoms with van der Waals surface area (Å²) in [6, 6.07) is 54.5. The number of aromatic nitrogens is 1. The van der Waals surface area contributed by atoms with Crippen molar-refractivity contribution in [2.75, 3.05) is 0 Å². The van der Waals surface area contributed by atoms with Gasteiger partial charge in [0.15, 0.2) is 0 Å². The number of benzene rings is 7. The summed E-state index contributed by atoms with van der Waals surface area (Å²) in [7, 11) is 0. The molecule has 3 heterocycles. The molecule has 236 valence electrons. The van der Waals surface area contributed by atoms with E-state index in [1.54, 1.807) is 0 Å². The molecule has 1 aliphatic carbocycles. The Morgan fingerprint density at radius 1 is 0.480 bits per heavy atom. The van der Waals surface area contributed by atoms with Crippen LogP contribution in [0.25, 0.3) is 94.0 Å². The smallest absolute Gasteiger partial charge is 0.143 e. The molecule has 0 N–H and O–H groups in total. The fraction of sp³-hybridized carbons (Fsp3) is 0.0638. The van der Waals surface area contributed by atoms with E-state index < -0.39 is 0 Å². The molecule has 3 heteroatoms. The number of rotatable bonds is 3. The van der Waals surface area contributed by atoms with Crippen molar-refractivity contribution in [2.45, 2.75) is 19.3 Å². The van der Waals surface area contributed by atoms with Gasteiger partial charge in [-0.1, -0.05) is 105 Å². The number of hydrogen-bond acceptors (Lipinski definition) is 2. The average molecular weight is 642 g/mol. The number of para-hydroxylation sites is 2. The second-order valence-electron chi connectivity index (χ2n) is 14.1. The first-order valence-corrected chi connectivity index (χ1v) is 17.3. The van der Waals surface area contributed by atoms with Crippen molar-refractivity contribution < 1.29 is 8.83 Å². The minimum Gasteiger partial charge on any atom is -0.456 e. The van der Waals surface area contributed by atoms with Gasteiger partial charge in [0.1, 0.15) is 22.5 Å². The van der Waals surface area contributed by atoms with Gasteiger partial charge in [-0.05, 0) is 88.5 Å².